The zero-order valence-electron chi connectivity index (χ0n) is 17.4. The summed E-state index contributed by atoms with van der Waals surface area (Å²) in [4.78, 5) is 16.5. The predicted octanol–water partition coefficient (Wildman–Crippen LogP) is 1.69. The molecule has 0 atom stereocenters. The third-order valence-corrected chi connectivity index (χ3v) is 4.92. The summed E-state index contributed by atoms with van der Waals surface area (Å²) in [5, 5.41) is 17.3. The van der Waals surface area contributed by atoms with Gasteiger partial charge in [-0.05, 0) is 23.8 Å². The summed E-state index contributed by atoms with van der Waals surface area (Å²) in [5.41, 5.74) is 14.6. The van der Waals surface area contributed by atoms with Crippen molar-refractivity contribution in [3.63, 3.8) is 0 Å². The van der Waals surface area contributed by atoms with Crippen LogP contribution in [0.5, 0.6) is 11.5 Å². The van der Waals surface area contributed by atoms with Gasteiger partial charge in [0, 0.05) is 42.4 Å². The van der Waals surface area contributed by atoms with E-state index in [9.17, 15) is 10.1 Å². The summed E-state index contributed by atoms with van der Waals surface area (Å²) >= 11 is 0. The molecule has 0 bridgehead atoms. The number of aromatic nitrogens is 2. The van der Waals surface area contributed by atoms with Gasteiger partial charge in [-0.15, -0.1) is 0 Å². The van der Waals surface area contributed by atoms with Gasteiger partial charge in [-0.25, -0.2) is 5.10 Å². The van der Waals surface area contributed by atoms with Gasteiger partial charge in [0.05, 0.1) is 42.6 Å². The molecule has 1 heterocycles. The Labute approximate surface area is 178 Å². The number of nitrogens with one attached hydrogen (secondary N) is 1. The Balaban J connectivity index is 2.23. The normalized spacial score (nSPS) is 12.0. The van der Waals surface area contributed by atoms with Crippen molar-refractivity contribution >= 4 is 22.1 Å². The van der Waals surface area contributed by atoms with Crippen LogP contribution in [0.2, 0.25) is 0 Å². The second-order valence-electron chi connectivity index (χ2n) is 6.48. The molecule has 158 valence electrons. The molecule has 9 heteroatoms. The van der Waals surface area contributed by atoms with Crippen molar-refractivity contribution in [1.82, 2.24) is 10.2 Å². The molecule has 0 fully saturated rings. The number of hydrogen-bond donors (Lipinski definition) is 3. The fraction of sp³-hybridized carbons (Fsp3) is 0.182. The van der Waals surface area contributed by atoms with E-state index in [0.717, 1.165) is 0 Å². The zero-order chi connectivity index (χ0) is 22.5. The molecule has 5 N–H and O–H groups in total. The van der Waals surface area contributed by atoms with E-state index >= 15 is 0 Å². The Morgan fingerprint density at radius 1 is 1.23 bits per heavy atom. The zero-order valence-corrected chi connectivity index (χ0v) is 17.4. The van der Waals surface area contributed by atoms with Gasteiger partial charge in [-0.3, -0.25) is 9.79 Å². The van der Waals surface area contributed by atoms with Crippen LogP contribution in [-0.4, -0.2) is 37.2 Å². The number of nitrogens with zero attached hydrogens (tertiary/aromatic N) is 3. The molecule has 0 amide bonds. The molecule has 0 saturated heterocycles. The maximum absolute atomic E-state index is 12.1. The Kier molecular flexibility index (Phi) is 6.33. The summed E-state index contributed by atoms with van der Waals surface area (Å²) in [6.07, 6.45) is 1.41. The van der Waals surface area contributed by atoms with E-state index in [-0.39, 0.29) is 12.1 Å². The number of H-pyrrole nitrogens is 1. The molecule has 1 aromatic heterocycles. The van der Waals surface area contributed by atoms with Crippen molar-refractivity contribution in [3.05, 3.63) is 69.3 Å². The van der Waals surface area contributed by atoms with Crippen molar-refractivity contribution in [2.75, 3.05) is 21.3 Å². The first-order chi connectivity index (χ1) is 15.0. The number of allylic oxidation sites excluding steroid dienone is 1. The van der Waals surface area contributed by atoms with Crippen LogP contribution in [0.15, 0.2) is 46.3 Å². The lowest BCUT2D eigenvalue weighted by atomic mass is 9.92. The molecule has 31 heavy (non-hydrogen) atoms. The third-order valence-electron chi connectivity index (χ3n) is 4.92. The topological polar surface area (TPSA) is 152 Å². The SMILES string of the molecule is CN=C(C(=CN)c1ccc2c(=O)[nH]nc(CN)c2c1)c1cc(OC)c(OC)cc1C#N. The van der Waals surface area contributed by atoms with Crippen LogP contribution in [0, 0.1) is 11.3 Å². The standard InChI is InChI=1S/C22H22N6O3/c1-26-21(15-8-20(31-3)19(30-2)7-13(15)9-23)17(10-24)12-4-5-14-16(6-12)18(11-25)27-28-22(14)29/h4-8,10H,11,24-25H2,1-3H3,(H,28,29). The highest BCUT2D eigenvalue weighted by Crippen LogP contribution is 2.33. The number of fused-ring (bicyclic) bond motifs is 1. The third kappa shape index (κ3) is 3.84. The number of nitrogens with two attached hydrogens (primary N) is 2. The summed E-state index contributed by atoms with van der Waals surface area (Å²) < 4.78 is 10.7. The van der Waals surface area contributed by atoms with Crippen LogP contribution in [0.3, 0.4) is 0 Å². The highest BCUT2D eigenvalue weighted by atomic mass is 16.5. The molecular formula is C22H22N6O3. The molecule has 0 unspecified atom stereocenters. The first-order valence-corrected chi connectivity index (χ1v) is 9.30. The van der Waals surface area contributed by atoms with Crippen LogP contribution in [0.1, 0.15) is 22.4 Å². The lowest BCUT2D eigenvalue weighted by molar-refractivity contribution is 0.355. The summed E-state index contributed by atoms with van der Waals surface area (Å²) in [5.74, 6) is 0.883. The molecule has 2 aromatic carbocycles. The number of aromatic amines is 1. The minimum Gasteiger partial charge on any atom is -0.493 e. The quantitative estimate of drug-likeness (QED) is 0.515. The second-order valence-corrected chi connectivity index (χ2v) is 6.48. The average Bonchev–Trinajstić information content (AvgIpc) is 2.81. The van der Waals surface area contributed by atoms with E-state index in [2.05, 4.69) is 21.3 Å². The number of nitriles is 1. The van der Waals surface area contributed by atoms with E-state index in [1.54, 1.807) is 37.4 Å². The van der Waals surface area contributed by atoms with Crippen molar-refractivity contribution in [3.8, 4) is 17.6 Å². The van der Waals surface area contributed by atoms with Gasteiger partial charge >= 0.3 is 0 Å². The van der Waals surface area contributed by atoms with Gasteiger partial charge in [0.1, 0.15) is 0 Å². The second kappa shape index (κ2) is 9.11. The van der Waals surface area contributed by atoms with Crippen LogP contribution in [0.4, 0.5) is 0 Å². The van der Waals surface area contributed by atoms with Crippen molar-refractivity contribution in [1.29, 1.82) is 5.26 Å². The van der Waals surface area contributed by atoms with E-state index in [1.165, 1.54) is 20.4 Å². The largest absolute Gasteiger partial charge is 0.493 e. The molecule has 3 aromatic rings. The number of methoxy groups -OCH3 is 2. The van der Waals surface area contributed by atoms with Crippen LogP contribution in [-0.2, 0) is 6.54 Å². The Bertz CT molecular complexity index is 1300. The molecule has 3 rings (SSSR count). The first kappa shape index (κ1) is 21.5. The minimum atomic E-state index is -0.312. The van der Waals surface area contributed by atoms with Crippen LogP contribution in [0.25, 0.3) is 16.3 Å². The minimum absolute atomic E-state index is 0.154. The monoisotopic (exact) mass is 418 g/mol. The molecule has 0 spiro atoms. The molecule has 0 aliphatic carbocycles. The van der Waals surface area contributed by atoms with E-state index in [1.807, 2.05) is 0 Å². The van der Waals surface area contributed by atoms with Gasteiger partial charge in [0.25, 0.3) is 5.56 Å². The molecule has 0 radical (unpaired) electrons. The van der Waals surface area contributed by atoms with Gasteiger partial charge in [0.15, 0.2) is 11.5 Å². The van der Waals surface area contributed by atoms with Crippen molar-refractivity contribution in [2.24, 2.45) is 16.5 Å². The summed E-state index contributed by atoms with van der Waals surface area (Å²) in [6, 6.07) is 10.7. The fourth-order valence-corrected chi connectivity index (χ4v) is 3.41. The number of hydrogen-bond acceptors (Lipinski definition) is 8. The highest BCUT2D eigenvalue weighted by molar-refractivity contribution is 6.32. The number of aliphatic imine (C=N–C) groups is 1. The first-order valence-electron chi connectivity index (χ1n) is 9.30. The number of ether oxygens (including phenoxy) is 2. The number of rotatable bonds is 6. The lowest BCUT2D eigenvalue weighted by Crippen LogP contribution is -2.14. The maximum atomic E-state index is 12.1. The van der Waals surface area contributed by atoms with Crippen molar-refractivity contribution in [2.45, 2.75) is 6.54 Å². The van der Waals surface area contributed by atoms with Crippen molar-refractivity contribution < 1.29 is 9.47 Å². The molecular weight excluding hydrogens is 396 g/mol. The Morgan fingerprint density at radius 2 is 1.94 bits per heavy atom. The maximum Gasteiger partial charge on any atom is 0.272 e. The Hall–Kier alpha value is -4.16. The van der Waals surface area contributed by atoms with Crippen LogP contribution >= 0.6 is 0 Å². The van der Waals surface area contributed by atoms with E-state index < -0.39 is 0 Å². The molecule has 0 aliphatic rings. The number of benzene rings is 2. The Morgan fingerprint density at radius 3 is 2.52 bits per heavy atom. The van der Waals surface area contributed by atoms with Gasteiger partial charge in [0.2, 0.25) is 0 Å². The fourth-order valence-electron chi connectivity index (χ4n) is 3.41. The highest BCUT2D eigenvalue weighted by Gasteiger charge is 2.20. The average molecular weight is 418 g/mol. The van der Waals surface area contributed by atoms with Gasteiger partial charge in [-0.2, -0.15) is 10.4 Å². The smallest absolute Gasteiger partial charge is 0.272 e. The summed E-state index contributed by atoms with van der Waals surface area (Å²) in [6.45, 7) is 0.154. The predicted molar refractivity (Wildman–Crippen MR) is 119 cm³/mol. The van der Waals surface area contributed by atoms with E-state index in [4.69, 9.17) is 20.9 Å². The van der Waals surface area contributed by atoms with Crippen LogP contribution < -0.4 is 26.5 Å². The van der Waals surface area contributed by atoms with Gasteiger partial charge < -0.3 is 20.9 Å². The van der Waals surface area contributed by atoms with E-state index in [0.29, 0.717) is 55.9 Å². The lowest BCUT2D eigenvalue weighted by Gasteiger charge is -2.16. The van der Waals surface area contributed by atoms with Gasteiger partial charge in [-0.1, -0.05) is 6.07 Å². The molecule has 0 aliphatic heterocycles. The molecule has 0 saturated carbocycles. The summed E-state index contributed by atoms with van der Waals surface area (Å²) in [7, 11) is 4.62. The molecule has 9 nitrogen and oxygen atoms in total.